The van der Waals surface area contributed by atoms with E-state index in [0.717, 1.165) is 42.5 Å². The van der Waals surface area contributed by atoms with E-state index in [1.165, 1.54) is 11.1 Å². The molecule has 1 aromatic carbocycles. The molecule has 0 saturated heterocycles. The van der Waals surface area contributed by atoms with Gasteiger partial charge in [-0.25, -0.2) is 9.97 Å². The van der Waals surface area contributed by atoms with E-state index in [2.05, 4.69) is 63.3 Å². The lowest BCUT2D eigenvalue weighted by Gasteiger charge is -2.21. The average Bonchev–Trinajstić information content (AvgIpc) is 3.32. The predicted molar refractivity (Wildman–Crippen MR) is 107 cm³/mol. The Kier molecular flexibility index (Phi) is 3.76. The Bertz CT molecular complexity index is 993. The van der Waals surface area contributed by atoms with Crippen LogP contribution in [0.15, 0.2) is 42.9 Å². The molecular formula is C22H26N4O. The molecule has 0 bridgehead atoms. The van der Waals surface area contributed by atoms with Crippen molar-refractivity contribution in [2.45, 2.75) is 57.2 Å². The topological polar surface area (TPSA) is 63.0 Å². The van der Waals surface area contributed by atoms with Crippen molar-refractivity contribution in [2.75, 3.05) is 5.32 Å². The molecule has 2 N–H and O–H groups in total. The van der Waals surface area contributed by atoms with E-state index >= 15 is 0 Å². The molecule has 0 aliphatic heterocycles. The second-order valence-electron chi connectivity index (χ2n) is 8.47. The Morgan fingerprint density at radius 3 is 2.89 bits per heavy atom. The van der Waals surface area contributed by atoms with E-state index in [1.807, 2.05) is 6.92 Å². The summed E-state index contributed by atoms with van der Waals surface area (Å²) >= 11 is 0. The molecule has 2 heterocycles. The largest absolute Gasteiger partial charge is 0.390 e. The van der Waals surface area contributed by atoms with Gasteiger partial charge in [0.15, 0.2) is 0 Å². The van der Waals surface area contributed by atoms with Crippen LogP contribution in [0, 0.1) is 5.92 Å². The Hall–Kier alpha value is -2.40. The molecule has 5 nitrogen and oxygen atoms in total. The van der Waals surface area contributed by atoms with Crippen molar-refractivity contribution in [3.05, 3.63) is 54.0 Å². The molecule has 27 heavy (non-hydrogen) atoms. The molecular weight excluding hydrogens is 336 g/mol. The van der Waals surface area contributed by atoms with Gasteiger partial charge in [-0.3, -0.25) is 0 Å². The van der Waals surface area contributed by atoms with E-state index in [9.17, 15) is 5.11 Å². The maximum Gasteiger partial charge on any atom is 0.145 e. The number of anilines is 1. The number of hydrogen-bond donors (Lipinski definition) is 2. The number of aromatic nitrogens is 3. The molecule has 5 heteroatoms. The first kappa shape index (κ1) is 16.8. The highest BCUT2D eigenvalue weighted by atomic mass is 16.3. The van der Waals surface area contributed by atoms with Crippen LogP contribution in [0.25, 0.3) is 11.0 Å². The summed E-state index contributed by atoms with van der Waals surface area (Å²) in [5.41, 5.74) is 3.15. The summed E-state index contributed by atoms with van der Waals surface area (Å²) in [6.07, 6.45) is 7.69. The molecule has 2 aromatic heterocycles. The van der Waals surface area contributed by atoms with E-state index in [0.29, 0.717) is 6.04 Å². The maximum absolute atomic E-state index is 10.6. The molecule has 140 valence electrons. The van der Waals surface area contributed by atoms with Crippen molar-refractivity contribution >= 4 is 16.9 Å². The number of hydrogen-bond acceptors (Lipinski definition) is 4. The Morgan fingerprint density at radius 1 is 1.22 bits per heavy atom. The lowest BCUT2D eigenvalue weighted by atomic mass is 9.95. The Balaban J connectivity index is 1.47. The van der Waals surface area contributed by atoms with Gasteiger partial charge < -0.3 is 15.0 Å². The van der Waals surface area contributed by atoms with Crippen LogP contribution in [0.3, 0.4) is 0 Å². The molecule has 4 atom stereocenters. The number of nitrogens with one attached hydrogen (secondary N) is 1. The highest BCUT2D eigenvalue weighted by Crippen LogP contribution is 2.43. The summed E-state index contributed by atoms with van der Waals surface area (Å²) in [5.74, 6) is 1.19. The quantitative estimate of drug-likeness (QED) is 0.731. The van der Waals surface area contributed by atoms with Gasteiger partial charge in [0.2, 0.25) is 0 Å². The highest BCUT2D eigenvalue weighted by Gasteiger charge is 2.40. The first-order valence-corrected chi connectivity index (χ1v) is 9.91. The third-order valence-electron chi connectivity index (χ3n) is 6.68. The monoisotopic (exact) mass is 362 g/mol. The number of aryl methyl sites for hydroxylation is 1. The zero-order valence-corrected chi connectivity index (χ0v) is 15.9. The van der Waals surface area contributed by atoms with E-state index in [1.54, 1.807) is 6.33 Å². The van der Waals surface area contributed by atoms with Gasteiger partial charge in [0.25, 0.3) is 0 Å². The fourth-order valence-electron chi connectivity index (χ4n) is 4.89. The van der Waals surface area contributed by atoms with Crippen molar-refractivity contribution < 1.29 is 5.11 Å². The lowest BCUT2D eigenvalue weighted by molar-refractivity contribution is 0.0266. The van der Waals surface area contributed by atoms with Crippen LogP contribution in [0.4, 0.5) is 5.82 Å². The molecule has 0 unspecified atom stereocenters. The van der Waals surface area contributed by atoms with Gasteiger partial charge in [0, 0.05) is 12.2 Å². The zero-order valence-electron chi connectivity index (χ0n) is 15.9. The van der Waals surface area contributed by atoms with Crippen LogP contribution in [-0.4, -0.2) is 25.2 Å². The fourth-order valence-corrected chi connectivity index (χ4v) is 4.89. The van der Waals surface area contributed by atoms with Crippen LogP contribution in [-0.2, 0) is 6.42 Å². The van der Waals surface area contributed by atoms with Gasteiger partial charge in [0.05, 0.1) is 17.0 Å². The van der Waals surface area contributed by atoms with Crippen molar-refractivity contribution in [3.8, 4) is 0 Å². The van der Waals surface area contributed by atoms with Gasteiger partial charge in [0.1, 0.15) is 17.8 Å². The van der Waals surface area contributed by atoms with Crippen molar-refractivity contribution in [1.29, 1.82) is 0 Å². The van der Waals surface area contributed by atoms with Crippen LogP contribution < -0.4 is 5.32 Å². The minimum atomic E-state index is -0.608. The fraction of sp³-hybridized carbons (Fsp3) is 0.455. The van der Waals surface area contributed by atoms with Crippen LogP contribution in [0.2, 0.25) is 0 Å². The van der Waals surface area contributed by atoms with Gasteiger partial charge in [-0.2, -0.15) is 0 Å². The molecule has 5 rings (SSSR count). The summed E-state index contributed by atoms with van der Waals surface area (Å²) in [5, 5.41) is 15.3. The Morgan fingerprint density at radius 2 is 2.07 bits per heavy atom. The van der Waals surface area contributed by atoms with Crippen LogP contribution in [0.5, 0.6) is 0 Å². The number of benzene rings is 1. The molecule has 1 saturated carbocycles. The minimum absolute atomic E-state index is 0.280. The molecule has 0 spiro atoms. The smallest absolute Gasteiger partial charge is 0.145 e. The summed E-state index contributed by atoms with van der Waals surface area (Å²) in [7, 11) is 0. The van der Waals surface area contributed by atoms with E-state index in [-0.39, 0.29) is 12.0 Å². The van der Waals surface area contributed by atoms with Crippen molar-refractivity contribution in [3.63, 3.8) is 0 Å². The maximum atomic E-state index is 10.6. The molecule has 0 amide bonds. The van der Waals surface area contributed by atoms with Gasteiger partial charge in [-0.15, -0.1) is 0 Å². The summed E-state index contributed by atoms with van der Waals surface area (Å²) in [6.45, 7) is 4.08. The van der Waals surface area contributed by atoms with Crippen molar-refractivity contribution in [1.82, 2.24) is 14.5 Å². The van der Waals surface area contributed by atoms with E-state index < -0.39 is 5.60 Å². The zero-order chi connectivity index (χ0) is 18.6. The van der Waals surface area contributed by atoms with E-state index in [4.69, 9.17) is 0 Å². The standard InChI is InChI=1S/C22H26N4O/c1-14-11-16(12-22(14,2)27)26-10-9-18-20(23-13-24-21(18)26)25-19-8-7-15-5-3-4-6-17(15)19/h3-6,9-10,13-14,16,19,27H,7-8,11-12H2,1-2H3,(H,23,24,25)/t14-,16+,19-,22-/m0/s1. The molecule has 2 aliphatic rings. The normalized spacial score (nSPS) is 30.0. The predicted octanol–water partition coefficient (Wildman–Crippen LogP) is 4.25. The third-order valence-corrected chi connectivity index (χ3v) is 6.68. The second-order valence-corrected chi connectivity index (χ2v) is 8.47. The molecule has 2 aliphatic carbocycles. The number of rotatable bonds is 3. The SMILES string of the molecule is C[C@H]1C[C@@H](n2ccc3c(N[C@H]4CCc5ccccc54)ncnc32)C[C@]1(C)O. The van der Waals surface area contributed by atoms with Crippen LogP contribution in [0.1, 0.15) is 56.3 Å². The summed E-state index contributed by atoms with van der Waals surface area (Å²) in [6, 6.07) is 11.3. The molecule has 0 radical (unpaired) electrons. The van der Waals surface area contributed by atoms with Crippen LogP contribution >= 0.6 is 0 Å². The first-order chi connectivity index (χ1) is 13.0. The van der Waals surface area contributed by atoms with Gasteiger partial charge >= 0.3 is 0 Å². The molecule has 3 aromatic rings. The van der Waals surface area contributed by atoms with Gasteiger partial charge in [-0.05, 0) is 55.7 Å². The third kappa shape index (κ3) is 2.72. The summed E-state index contributed by atoms with van der Waals surface area (Å²) in [4.78, 5) is 9.11. The number of aliphatic hydroxyl groups is 1. The average molecular weight is 362 g/mol. The summed E-state index contributed by atoms with van der Waals surface area (Å²) < 4.78 is 2.22. The lowest BCUT2D eigenvalue weighted by Crippen LogP contribution is -2.26. The number of nitrogens with zero attached hydrogens (tertiary/aromatic N) is 3. The van der Waals surface area contributed by atoms with Gasteiger partial charge in [-0.1, -0.05) is 31.2 Å². The molecule has 1 fully saturated rings. The number of fused-ring (bicyclic) bond motifs is 2. The highest BCUT2D eigenvalue weighted by molar-refractivity contribution is 5.87. The van der Waals surface area contributed by atoms with Crippen molar-refractivity contribution in [2.24, 2.45) is 5.92 Å². The first-order valence-electron chi connectivity index (χ1n) is 9.91. The second kappa shape index (κ2) is 6.06. The minimum Gasteiger partial charge on any atom is -0.390 e. The Labute approximate surface area is 159 Å².